The predicted octanol–water partition coefficient (Wildman–Crippen LogP) is 2.15. The van der Waals surface area contributed by atoms with Gasteiger partial charge in [0.1, 0.15) is 0 Å². The van der Waals surface area contributed by atoms with Crippen molar-refractivity contribution < 1.29 is 13.5 Å². The van der Waals surface area contributed by atoms with Gasteiger partial charge in [-0.15, -0.1) is 23.2 Å². The second kappa shape index (κ2) is 1.64. The summed E-state index contributed by atoms with van der Waals surface area (Å²) >= 11 is 11.5. The van der Waals surface area contributed by atoms with Crippen molar-refractivity contribution in [1.29, 1.82) is 0 Å². The number of alkyl halides is 4. The molecule has 1 saturated carbocycles. The second-order valence-electron chi connectivity index (χ2n) is 3.69. The first-order valence-electron chi connectivity index (χ1n) is 3.87. The molecule has 5 heteroatoms. The van der Waals surface area contributed by atoms with Gasteiger partial charge < -0.3 is 4.74 Å². The van der Waals surface area contributed by atoms with Gasteiger partial charge in [-0.3, -0.25) is 0 Å². The molecule has 3 rings (SSSR count). The molecule has 12 heavy (non-hydrogen) atoms. The molecule has 0 aromatic heterocycles. The van der Waals surface area contributed by atoms with Gasteiger partial charge in [0.05, 0.1) is 12.2 Å². The summed E-state index contributed by atoms with van der Waals surface area (Å²) in [4.78, 5) is -3.21. The molecule has 68 valence electrons. The molecule has 4 atom stereocenters. The van der Waals surface area contributed by atoms with Crippen molar-refractivity contribution >= 4 is 23.2 Å². The highest BCUT2D eigenvalue weighted by atomic mass is 35.5. The van der Waals surface area contributed by atoms with Crippen LogP contribution < -0.4 is 0 Å². The molecule has 1 nitrogen and oxygen atoms in total. The van der Waals surface area contributed by atoms with Gasteiger partial charge in [-0.05, 0) is 12.8 Å². The number of rotatable bonds is 0. The third-order valence-electron chi connectivity index (χ3n) is 3.29. The van der Waals surface area contributed by atoms with Gasteiger partial charge in [-0.25, -0.2) is 8.78 Å². The van der Waals surface area contributed by atoms with Gasteiger partial charge in [-0.1, -0.05) is 0 Å². The minimum atomic E-state index is -2.95. The zero-order valence-corrected chi connectivity index (χ0v) is 7.50. The van der Waals surface area contributed by atoms with E-state index in [1.807, 2.05) is 0 Å². The monoisotopic (exact) mass is 214 g/mol. The van der Waals surface area contributed by atoms with E-state index in [1.165, 1.54) is 0 Å². The molecule has 2 saturated heterocycles. The molecule has 0 spiro atoms. The van der Waals surface area contributed by atoms with E-state index in [0.29, 0.717) is 12.8 Å². The third kappa shape index (κ3) is 0.427. The Morgan fingerprint density at radius 2 is 1.50 bits per heavy atom. The molecule has 0 aromatic rings. The largest absolute Gasteiger partial charge is 0.371 e. The predicted molar refractivity (Wildman–Crippen MR) is 40.0 cm³/mol. The molecule has 0 aromatic carbocycles. The Labute approximate surface area is 78.0 Å². The summed E-state index contributed by atoms with van der Waals surface area (Å²) in [6.07, 6.45) is 0.129. The summed E-state index contributed by atoms with van der Waals surface area (Å²) < 4.78 is 31.6. The van der Waals surface area contributed by atoms with Crippen molar-refractivity contribution in [3.63, 3.8) is 0 Å². The van der Waals surface area contributed by atoms with E-state index >= 15 is 0 Å². The maximum absolute atomic E-state index is 13.2. The van der Waals surface area contributed by atoms with Crippen LogP contribution in [0.15, 0.2) is 0 Å². The van der Waals surface area contributed by atoms with Crippen molar-refractivity contribution in [2.75, 3.05) is 0 Å². The Hall–Kier alpha value is 0.400. The molecule has 0 amide bonds. The Balaban J connectivity index is 2.13. The van der Waals surface area contributed by atoms with Gasteiger partial charge >= 0.3 is 0 Å². The van der Waals surface area contributed by atoms with Gasteiger partial charge in [0, 0.05) is 0 Å². The Morgan fingerprint density at radius 1 is 1.08 bits per heavy atom. The van der Waals surface area contributed by atoms with Gasteiger partial charge in [0.2, 0.25) is 0 Å². The van der Waals surface area contributed by atoms with E-state index in [2.05, 4.69) is 0 Å². The second-order valence-corrected chi connectivity index (χ2v) is 4.88. The van der Waals surface area contributed by atoms with Crippen LogP contribution in [0.5, 0.6) is 0 Å². The third-order valence-corrected chi connectivity index (χ3v) is 4.94. The van der Waals surface area contributed by atoms with E-state index in [-0.39, 0.29) is 0 Å². The van der Waals surface area contributed by atoms with Crippen LogP contribution in [0.2, 0.25) is 0 Å². The highest BCUT2D eigenvalue weighted by Crippen LogP contribution is 2.80. The van der Waals surface area contributed by atoms with Crippen molar-refractivity contribution in [3.05, 3.63) is 0 Å². The van der Waals surface area contributed by atoms with E-state index in [9.17, 15) is 8.78 Å². The summed E-state index contributed by atoms with van der Waals surface area (Å²) in [6, 6.07) is 0. The lowest BCUT2D eigenvalue weighted by atomic mass is 10.00. The van der Waals surface area contributed by atoms with E-state index in [0.717, 1.165) is 0 Å². The van der Waals surface area contributed by atoms with E-state index in [4.69, 9.17) is 27.9 Å². The summed E-state index contributed by atoms with van der Waals surface area (Å²) in [5.74, 6) is -2.95. The zero-order chi connectivity index (χ0) is 8.78. The molecule has 2 aliphatic heterocycles. The fourth-order valence-electron chi connectivity index (χ4n) is 2.56. The molecular formula is C7H6Cl2F2O. The summed E-state index contributed by atoms with van der Waals surface area (Å²) in [5.41, 5.74) is 0. The van der Waals surface area contributed by atoms with Crippen LogP contribution >= 0.6 is 23.2 Å². The van der Waals surface area contributed by atoms with Crippen molar-refractivity contribution in [1.82, 2.24) is 0 Å². The molecule has 1 aliphatic carbocycles. The van der Waals surface area contributed by atoms with E-state index < -0.39 is 27.9 Å². The Kier molecular flexibility index (Phi) is 1.06. The lowest BCUT2D eigenvalue weighted by molar-refractivity contribution is -0.0175. The molecule has 0 radical (unpaired) electrons. The molecule has 0 N–H and O–H groups in total. The Bertz CT molecular complexity index is 248. The molecule has 3 aliphatic rings. The summed E-state index contributed by atoms with van der Waals surface area (Å²) in [6.45, 7) is 0. The minimum Gasteiger partial charge on any atom is -0.371 e. The van der Waals surface area contributed by atoms with Crippen LogP contribution in [-0.4, -0.2) is 27.9 Å². The fraction of sp³-hybridized carbons (Fsp3) is 1.00. The van der Waals surface area contributed by atoms with Gasteiger partial charge in [0.25, 0.3) is 5.92 Å². The standard InChI is InChI=1S/C7H6Cl2F2O/c8-5-3-1-2-4(12-3)6(5,9)7(5,10)11/h3-4H,1-2H2/t3-,4+,5+,6-. The van der Waals surface area contributed by atoms with E-state index in [1.54, 1.807) is 0 Å². The van der Waals surface area contributed by atoms with Crippen molar-refractivity contribution in [2.45, 2.75) is 40.7 Å². The smallest absolute Gasteiger partial charge is 0.294 e. The highest BCUT2D eigenvalue weighted by molar-refractivity contribution is 6.43. The normalized spacial score (nSPS) is 65.0. The first-order valence-corrected chi connectivity index (χ1v) is 4.63. The molecular weight excluding hydrogens is 209 g/mol. The molecule has 2 bridgehead atoms. The number of ether oxygens (including phenoxy) is 1. The van der Waals surface area contributed by atoms with Crippen LogP contribution in [0.3, 0.4) is 0 Å². The summed E-state index contributed by atoms with van der Waals surface area (Å²) in [5, 5.41) is 0. The maximum Gasteiger partial charge on any atom is 0.294 e. The number of halogens is 4. The SMILES string of the molecule is FC1(F)[C@]2(Cl)[C@H]3CC[C@H](O3)[C@]12Cl. The van der Waals surface area contributed by atoms with Gasteiger partial charge in [-0.2, -0.15) is 0 Å². The quantitative estimate of drug-likeness (QED) is 0.562. The molecule has 3 fully saturated rings. The van der Waals surface area contributed by atoms with Gasteiger partial charge in [0.15, 0.2) is 9.75 Å². The van der Waals surface area contributed by atoms with Crippen LogP contribution in [-0.2, 0) is 4.74 Å². The van der Waals surface area contributed by atoms with Crippen LogP contribution in [0.1, 0.15) is 12.8 Å². The van der Waals surface area contributed by atoms with Crippen LogP contribution in [0, 0.1) is 0 Å². The average Bonchev–Trinajstić information content (AvgIpc) is 2.49. The fourth-order valence-corrected chi connectivity index (χ4v) is 3.61. The first-order chi connectivity index (χ1) is 5.46. The number of hydrogen-bond donors (Lipinski definition) is 0. The van der Waals surface area contributed by atoms with Crippen LogP contribution in [0.25, 0.3) is 0 Å². The first kappa shape index (κ1) is 7.77. The molecule has 0 unspecified atom stereocenters. The summed E-state index contributed by atoms with van der Waals surface area (Å²) in [7, 11) is 0. The highest BCUT2D eigenvalue weighted by Gasteiger charge is 3.00. The van der Waals surface area contributed by atoms with Crippen molar-refractivity contribution in [3.8, 4) is 0 Å². The topological polar surface area (TPSA) is 9.23 Å². The van der Waals surface area contributed by atoms with Crippen LogP contribution in [0.4, 0.5) is 8.78 Å². The minimum absolute atomic E-state index is 0.545. The average molecular weight is 215 g/mol. The lowest BCUT2D eigenvalue weighted by Crippen LogP contribution is -2.27. The number of hydrogen-bond acceptors (Lipinski definition) is 1. The Morgan fingerprint density at radius 3 is 1.83 bits per heavy atom. The number of fused-ring (bicyclic) bond motifs is 5. The maximum atomic E-state index is 13.2. The molecule has 2 heterocycles. The van der Waals surface area contributed by atoms with Crippen molar-refractivity contribution in [2.24, 2.45) is 0 Å². The zero-order valence-electron chi connectivity index (χ0n) is 5.99. The lowest BCUT2D eigenvalue weighted by Gasteiger charge is -2.12.